The van der Waals surface area contributed by atoms with Gasteiger partial charge in [-0.25, -0.2) is 4.98 Å². The van der Waals surface area contributed by atoms with E-state index in [1.165, 1.54) is 21.0 Å². The predicted molar refractivity (Wildman–Crippen MR) is 90.3 cm³/mol. The molecule has 1 nitrogen and oxygen atoms in total. The van der Waals surface area contributed by atoms with Crippen LogP contribution in [0, 0.1) is 0 Å². The van der Waals surface area contributed by atoms with E-state index in [1.54, 1.807) is 11.3 Å². The SMILES string of the molecule is Brc1cc2sc(-c3ccccc3)nc2c2ccccc12. The Morgan fingerprint density at radius 1 is 0.850 bits per heavy atom. The summed E-state index contributed by atoms with van der Waals surface area (Å²) in [4.78, 5) is 4.85. The highest BCUT2D eigenvalue weighted by atomic mass is 79.9. The monoisotopic (exact) mass is 339 g/mol. The molecule has 1 aromatic heterocycles. The lowest BCUT2D eigenvalue weighted by atomic mass is 10.1. The Morgan fingerprint density at radius 3 is 2.35 bits per heavy atom. The van der Waals surface area contributed by atoms with Crippen molar-refractivity contribution in [3.8, 4) is 10.6 Å². The maximum Gasteiger partial charge on any atom is 0.124 e. The summed E-state index contributed by atoms with van der Waals surface area (Å²) < 4.78 is 2.35. The molecular weight excluding hydrogens is 330 g/mol. The quantitative estimate of drug-likeness (QED) is 0.422. The molecule has 0 N–H and O–H groups in total. The average Bonchev–Trinajstić information content (AvgIpc) is 2.93. The number of rotatable bonds is 1. The summed E-state index contributed by atoms with van der Waals surface area (Å²) in [5, 5.41) is 3.49. The lowest BCUT2D eigenvalue weighted by Crippen LogP contribution is -1.78. The third-order valence-corrected chi connectivity index (χ3v) is 5.08. The van der Waals surface area contributed by atoms with E-state index in [1.807, 2.05) is 6.07 Å². The fourth-order valence-corrected chi connectivity index (χ4v) is 4.17. The zero-order chi connectivity index (χ0) is 13.5. The van der Waals surface area contributed by atoms with Crippen LogP contribution in [0.5, 0.6) is 0 Å². The highest BCUT2D eigenvalue weighted by Crippen LogP contribution is 2.37. The van der Waals surface area contributed by atoms with Gasteiger partial charge in [0.2, 0.25) is 0 Å². The van der Waals surface area contributed by atoms with Crippen molar-refractivity contribution >= 4 is 48.3 Å². The van der Waals surface area contributed by atoms with Crippen molar-refractivity contribution in [2.75, 3.05) is 0 Å². The number of benzene rings is 3. The van der Waals surface area contributed by atoms with E-state index in [0.29, 0.717) is 0 Å². The van der Waals surface area contributed by atoms with Gasteiger partial charge in [-0.3, -0.25) is 0 Å². The normalized spacial score (nSPS) is 11.2. The Morgan fingerprint density at radius 2 is 1.55 bits per heavy atom. The van der Waals surface area contributed by atoms with Gasteiger partial charge in [-0.05, 0) is 11.5 Å². The number of hydrogen-bond acceptors (Lipinski definition) is 2. The molecule has 20 heavy (non-hydrogen) atoms. The van der Waals surface area contributed by atoms with Crippen LogP contribution >= 0.6 is 27.3 Å². The van der Waals surface area contributed by atoms with E-state index >= 15 is 0 Å². The number of nitrogens with zero attached hydrogens (tertiary/aromatic N) is 1. The van der Waals surface area contributed by atoms with E-state index in [4.69, 9.17) is 4.98 Å². The maximum absolute atomic E-state index is 4.85. The topological polar surface area (TPSA) is 12.9 Å². The smallest absolute Gasteiger partial charge is 0.124 e. The van der Waals surface area contributed by atoms with Gasteiger partial charge in [0.25, 0.3) is 0 Å². The molecule has 96 valence electrons. The van der Waals surface area contributed by atoms with Crippen molar-refractivity contribution in [3.63, 3.8) is 0 Å². The first kappa shape index (κ1) is 12.1. The molecule has 0 saturated carbocycles. The fraction of sp³-hybridized carbons (Fsp3) is 0. The third-order valence-electron chi connectivity index (χ3n) is 3.37. The van der Waals surface area contributed by atoms with E-state index in [9.17, 15) is 0 Å². The second-order valence-corrected chi connectivity index (χ2v) is 6.52. The van der Waals surface area contributed by atoms with Crippen molar-refractivity contribution in [1.82, 2.24) is 4.98 Å². The highest BCUT2D eigenvalue weighted by Gasteiger charge is 2.11. The van der Waals surface area contributed by atoms with E-state index < -0.39 is 0 Å². The zero-order valence-electron chi connectivity index (χ0n) is 10.5. The molecular formula is C17H10BrNS. The molecule has 0 atom stereocenters. The van der Waals surface area contributed by atoms with Crippen molar-refractivity contribution in [3.05, 3.63) is 65.1 Å². The van der Waals surface area contributed by atoms with Crippen LogP contribution < -0.4 is 0 Å². The van der Waals surface area contributed by atoms with Gasteiger partial charge in [0, 0.05) is 15.4 Å². The summed E-state index contributed by atoms with van der Waals surface area (Å²) in [6, 6.07) is 20.9. The minimum absolute atomic E-state index is 1.07. The van der Waals surface area contributed by atoms with Crippen molar-refractivity contribution in [1.29, 1.82) is 0 Å². The van der Waals surface area contributed by atoms with Gasteiger partial charge in [-0.2, -0.15) is 0 Å². The van der Waals surface area contributed by atoms with Gasteiger partial charge in [0.1, 0.15) is 5.01 Å². The number of fused-ring (bicyclic) bond motifs is 3. The van der Waals surface area contributed by atoms with Crippen LogP contribution in [0.1, 0.15) is 0 Å². The first-order valence-corrected chi connectivity index (χ1v) is 7.97. The summed E-state index contributed by atoms with van der Waals surface area (Å²) in [5.41, 5.74) is 2.27. The minimum Gasteiger partial charge on any atom is -0.235 e. The van der Waals surface area contributed by atoms with Crippen LogP contribution in [0.3, 0.4) is 0 Å². The molecule has 0 spiro atoms. The predicted octanol–water partition coefficient (Wildman–Crippen LogP) is 5.88. The summed E-state index contributed by atoms with van der Waals surface area (Å²) in [6.07, 6.45) is 0. The lowest BCUT2D eigenvalue weighted by molar-refractivity contribution is 1.49. The molecule has 4 rings (SSSR count). The molecule has 0 saturated heterocycles. The van der Waals surface area contributed by atoms with E-state index in [2.05, 4.69) is 70.5 Å². The van der Waals surface area contributed by atoms with E-state index in [-0.39, 0.29) is 0 Å². The second-order valence-electron chi connectivity index (χ2n) is 4.64. The minimum atomic E-state index is 1.07. The summed E-state index contributed by atoms with van der Waals surface area (Å²) in [6.45, 7) is 0. The van der Waals surface area contributed by atoms with Crippen LogP contribution in [0.15, 0.2) is 65.1 Å². The number of aromatic nitrogens is 1. The van der Waals surface area contributed by atoms with Crippen LogP contribution in [0.4, 0.5) is 0 Å². The molecule has 0 aliphatic rings. The molecule has 3 aromatic carbocycles. The van der Waals surface area contributed by atoms with Crippen molar-refractivity contribution in [2.45, 2.75) is 0 Å². The Hall–Kier alpha value is -1.71. The Balaban J connectivity index is 2.07. The largest absolute Gasteiger partial charge is 0.235 e. The lowest BCUT2D eigenvalue weighted by Gasteiger charge is -2.00. The number of halogens is 1. The number of thiazole rings is 1. The van der Waals surface area contributed by atoms with Crippen LogP contribution in [-0.2, 0) is 0 Å². The highest BCUT2D eigenvalue weighted by molar-refractivity contribution is 9.10. The summed E-state index contributed by atoms with van der Waals surface area (Å²) in [7, 11) is 0. The van der Waals surface area contributed by atoms with Crippen LogP contribution in [0.2, 0.25) is 0 Å². The average molecular weight is 340 g/mol. The molecule has 0 fully saturated rings. The van der Waals surface area contributed by atoms with Crippen molar-refractivity contribution in [2.24, 2.45) is 0 Å². The summed E-state index contributed by atoms with van der Waals surface area (Å²) in [5.74, 6) is 0. The van der Waals surface area contributed by atoms with Gasteiger partial charge >= 0.3 is 0 Å². The maximum atomic E-state index is 4.85. The Bertz CT molecular complexity index is 912. The third kappa shape index (κ3) is 1.86. The molecule has 0 aliphatic heterocycles. The first-order chi connectivity index (χ1) is 9.83. The van der Waals surface area contributed by atoms with Gasteiger partial charge in [-0.1, -0.05) is 70.5 Å². The Labute approximate surface area is 129 Å². The van der Waals surface area contributed by atoms with Crippen molar-refractivity contribution < 1.29 is 0 Å². The summed E-state index contributed by atoms with van der Waals surface area (Å²) >= 11 is 5.40. The van der Waals surface area contributed by atoms with Crippen LogP contribution in [-0.4, -0.2) is 4.98 Å². The molecule has 3 heteroatoms. The molecule has 0 amide bonds. The molecule has 0 aliphatic carbocycles. The molecule has 0 unspecified atom stereocenters. The molecule has 0 bridgehead atoms. The fourth-order valence-electron chi connectivity index (χ4n) is 2.42. The van der Waals surface area contributed by atoms with Gasteiger partial charge in [0.05, 0.1) is 10.2 Å². The van der Waals surface area contributed by atoms with Gasteiger partial charge in [0.15, 0.2) is 0 Å². The van der Waals surface area contributed by atoms with Crippen LogP contribution in [0.25, 0.3) is 31.6 Å². The van der Waals surface area contributed by atoms with Gasteiger partial charge < -0.3 is 0 Å². The zero-order valence-corrected chi connectivity index (χ0v) is 12.9. The molecule has 0 radical (unpaired) electrons. The number of hydrogen-bond donors (Lipinski definition) is 0. The molecule has 1 heterocycles. The standard InChI is InChI=1S/C17H10BrNS/c18-14-10-15-16(13-9-5-4-8-12(13)14)19-17(20-15)11-6-2-1-3-7-11/h1-10H. The van der Waals surface area contributed by atoms with Gasteiger partial charge in [-0.15, -0.1) is 11.3 Å². The van der Waals surface area contributed by atoms with E-state index in [0.717, 1.165) is 15.0 Å². The Kier molecular flexibility index (Phi) is 2.83. The first-order valence-electron chi connectivity index (χ1n) is 6.36. The molecule has 4 aromatic rings. The second kappa shape index (κ2) is 4.69.